The van der Waals surface area contributed by atoms with Crippen LogP contribution in [0.15, 0.2) is 35.7 Å². The molecule has 1 aliphatic heterocycles. The third-order valence-electron chi connectivity index (χ3n) is 3.85. The van der Waals surface area contributed by atoms with Crippen molar-refractivity contribution in [1.29, 1.82) is 0 Å². The lowest BCUT2D eigenvalue weighted by molar-refractivity contribution is -0.137. The van der Waals surface area contributed by atoms with Gasteiger partial charge in [-0.25, -0.2) is 5.48 Å². The van der Waals surface area contributed by atoms with Crippen molar-refractivity contribution < 1.29 is 9.63 Å². The Morgan fingerprint density at radius 3 is 3.00 bits per heavy atom. The number of amides is 1. The van der Waals surface area contributed by atoms with E-state index in [0.717, 1.165) is 25.1 Å². The number of halogens is 1. The molecule has 0 bridgehead atoms. The van der Waals surface area contributed by atoms with Crippen LogP contribution < -0.4 is 5.48 Å². The van der Waals surface area contributed by atoms with Crippen molar-refractivity contribution >= 4 is 28.8 Å². The van der Waals surface area contributed by atoms with Crippen molar-refractivity contribution in [2.24, 2.45) is 0 Å². The standard InChI is InChI=1S/C16H17ClN2O2S/c1-21-18-16(20)15(12-4-2-3-5-13(12)17)19-8-6-14-11(10-19)7-9-22-14/h2-5,7,9,15H,6,8,10H2,1H3,(H,18,20). The summed E-state index contributed by atoms with van der Waals surface area (Å²) in [6.07, 6.45) is 0.953. The molecule has 1 amide bonds. The molecule has 0 saturated heterocycles. The number of fused-ring (bicyclic) bond motifs is 1. The van der Waals surface area contributed by atoms with Crippen LogP contribution in [-0.2, 0) is 22.6 Å². The number of carbonyl (C=O) groups excluding carboxylic acids is 1. The molecule has 0 aliphatic carbocycles. The van der Waals surface area contributed by atoms with Crippen LogP contribution in [0.5, 0.6) is 0 Å². The van der Waals surface area contributed by atoms with Crippen LogP contribution in [-0.4, -0.2) is 24.5 Å². The predicted octanol–water partition coefficient (Wildman–Crippen LogP) is 3.18. The number of hydrogen-bond donors (Lipinski definition) is 1. The quantitative estimate of drug-likeness (QED) is 0.872. The van der Waals surface area contributed by atoms with Gasteiger partial charge in [-0.2, -0.15) is 0 Å². The molecular weight excluding hydrogens is 320 g/mol. The van der Waals surface area contributed by atoms with Gasteiger partial charge >= 0.3 is 0 Å². The lowest BCUT2D eigenvalue weighted by Gasteiger charge is -2.34. The van der Waals surface area contributed by atoms with Gasteiger partial charge in [0.15, 0.2) is 0 Å². The average Bonchev–Trinajstić information content (AvgIpc) is 2.97. The topological polar surface area (TPSA) is 41.6 Å². The Morgan fingerprint density at radius 2 is 2.23 bits per heavy atom. The van der Waals surface area contributed by atoms with Crippen LogP contribution in [0.3, 0.4) is 0 Å². The van der Waals surface area contributed by atoms with Gasteiger partial charge in [0.25, 0.3) is 5.91 Å². The van der Waals surface area contributed by atoms with Gasteiger partial charge in [-0.05, 0) is 35.1 Å². The van der Waals surface area contributed by atoms with Crippen LogP contribution in [0.4, 0.5) is 0 Å². The molecule has 22 heavy (non-hydrogen) atoms. The van der Waals surface area contributed by atoms with E-state index in [1.807, 2.05) is 24.3 Å². The summed E-state index contributed by atoms with van der Waals surface area (Å²) in [5.74, 6) is -0.200. The van der Waals surface area contributed by atoms with Gasteiger partial charge in [0.2, 0.25) is 0 Å². The zero-order valence-corrected chi connectivity index (χ0v) is 13.8. The summed E-state index contributed by atoms with van der Waals surface area (Å²) in [5, 5.41) is 2.70. The molecule has 3 rings (SSSR count). The summed E-state index contributed by atoms with van der Waals surface area (Å²) < 4.78 is 0. The van der Waals surface area contributed by atoms with E-state index in [2.05, 4.69) is 21.8 Å². The highest BCUT2D eigenvalue weighted by atomic mass is 35.5. The first kappa shape index (κ1) is 15.5. The van der Waals surface area contributed by atoms with E-state index in [4.69, 9.17) is 16.4 Å². The predicted molar refractivity (Wildman–Crippen MR) is 87.8 cm³/mol. The third kappa shape index (κ3) is 3.03. The van der Waals surface area contributed by atoms with Gasteiger partial charge in [0.05, 0.1) is 7.11 Å². The zero-order valence-electron chi connectivity index (χ0n) is 12.2. The molecule has 1 aromatic heterocycles. The Bertz CT molecular complexity index is 674. The van der Waals surface area contributed by atoms with Gasteiger partial charge in [-0.1, -0.05) is 29.8 Å². The van der Waals surface area contributed by atoms with E-state index >= 15 is 0 Å². The van der Waals surface area contributed by atoms with Crippen molar-refractivity contribution in [1.82, 2.24) is 10.4 Å². The minimum absolute atomic E-state index is 0.200. The summed E-state index contributed by atoms with van der Waals surface area (Å²) >= 11 is 8.09. The number of nitrogens with one attached hydrogen (secondary N) is 1. The van der Waals surface area contributed by atoms with Crippen LogP contribution in [0.25, 0.3) is 0 Å². The number of carbonyl (C=O) groups is 1. The Kier molecular flexibility index (Phi) is 4.78. The molecule has 6 heteroatoms. The fourth-order valence-corrected chi connectivity index (χ4v) is 3.98. The summed E-state index contributed by atoms with van der Waals surface area (Å²) in [4.78, 5) is 20.9. The van der Waals surface area contributed by atoms with Crippen LogP contribution >= 0.6 is 22.9 Å². The smallest absolute Gasteiger partial charge is 0.265 e. The Morgan fingerprint density at radius 1 is 1.41 bits per heavy atom. The molecule has 1 N–H and O–H groups in total. The molecule has 1 atom stereocenters. The molecule has 1 aromatic carbocycles. The SMILES string of the molecule is CONC(=O)C(c1ccccc1Cl)N1CCc2sccc2C1. The molecule has 116 valence electrons. The highest BCUT2D eigenvalue weighted by Gasteiger charge is 2.32. The van der Waals surface area contributed by atoms with Gasteiger partial charge in [-0.3, -0.25) is 14.5 Å². The Labute approximate surface area is 138 Å². The molecule has 2 aromatic rings. The van der Waals surface area contributed by atoms with Crippen molar-refractivity contribution in [3.05, 3.63) is 56.7 Å². The highest BCUT2D eigenvalue weighted by Crippen LogP contribution is 2.33. The maximum absolute atomic E-state index is 12.5. The monoisotopic (exact) mass is 336 g/mol. The second kappa shape index (κ2) is 6.79. The first-order valence-corrected chi connectivity index (χ1v) is 8.33. The second-order valence-electron chi connectivity index (χ2n) is 5.18. The molecule has 1 aliphatic rings. The number of hydrogen-bond acceptors (Lipinski definition) is 4. The number of hydroxylamine groups is 1. The summed E-state index contributed by atoms with van der Waals surface area (Å²) in [7, 11) is 1.44. The molecule has 2 heterocycles. The average molecular weight is 337 g/mol. The van der Waals surface area contributed by atoms with Crippen molar-refractivity contribution in [2.75, 3.05) is 13.7 Å². The second-order valence-corrected chi connectivity index (χ2v) is 6.59. The van der Waals surface area contributed by atoms with Gasteiger partial charge in [0.1, 0.15) is 6.04 Å². The summed E-state index contributed by atoms with van der Waals surface area (Å²) in [6, 6.07) is 9.14. The largest absolute Gasteiger partial charge is 0.283 e. The normalized spacial score (nSPS) is 16.1. The van der Waals surface area contributed by atoms with E-state index in [0.29, 0.717) is 5.02 Å². The van der Waals surface area contributed by atoms with E-state index in [1.165, 1.54) is 17.6 Å². The van der Waals surface area contributed by atoms with Gasteiger partial charge in [-0.15, -0.1) is 11.3 Å². The molecular formula is C16H17ClN2O2S. The lowest BCUT2D eigenvalue weighted by atomic mass is 10.0. The molecule has 0 fully saturated rings. The van der Waals surface area contributed by atoms with E-state index in [9.17, 15) is 4.79 Å². The highest BCUT2D eigenvalue weighted by molar-refractivity contribution is 7.10. The van der Waals surface area contributed by atoms with Gasteiger partial charge in [0, 0.05) is 23.0 Å². The van der Waals surface area contributed by atoms with Crippen molar-refractivity contribution in [3.63, 3.8) is 0 Å². The van der Waals surface area contributed by atoms with E-state index in [1.54, 1.807) is 11.3 Å². The number of benzene rings is 1. The first-order chi connectivity index (χ1) is 10.7. The fourth-order valence-electron chi connectivity index (χ4n) is 2.85. The zero-order chi connectivity index (χ0) is 15.5. The molecule has 0 saturated carbocycles. The number of thiophene rings is 1. The van der Waals surface area contributed by atoms with E-state index < -0.39 is 6.04 Å². The maximum atomic E-state index is 12.5. The number of rotatable bonds is 4. The van der Waals surface area contributed by atoms with Crippen molar-refractivity contribution in [3.8, 4) is 0 Å². The molecule has 0 radical (unpaired) electrons. The summed E-state index contributed by atoms with van der Waals surface area (Å²) in [6.45, 7) is 1.56. The maximum Gasteiger partial charge on any atom is 0.265 e. The van der Waals surface area contributed by atoms with Gasteiger partial charge < -0.3 is 0 Å². The minimum atomic E-state index is -0.457. The summed E-state index contributed by atoms with van der Waals surface area (Å²) in [5.41, 5.74) is 4.54. The number of nitrogens with zero attached hydrogens (tertiary/aromatic N) is 1. The van der Waals surface area contributed by atoms with Crippen LogP contribution in [0.2, 0.25) is 5.02 Å². The molecule has 0 spiro atoms. The Hall–Kier alpha value is -1.40. The lowest BCUT2D eigenvalue weighted by Crippen LogP contribution is -2.42. The molecule has 1 unspecified atom stereocenters. The fraction of sp³-hybridized carbons (Fsp3) is 0.312. The molecule has 4 nitrogen and oxygen atoms in total. The first-order valence-electron chi connectivity index (χ1n) is 7.07. The van der Waals surface area contributed by atoms with Crippen molar-refractivity contribution in [2.45, 2.75) is 19.0 Å². The third-order valence-corrected chi connectivity index (χ3v) is 5.22. The van der Waals surface area contributed by atoms with Crippen LogP contribution in [0.1, 0.15) is 22.0 Å². The Balaban J connectivity index is 1.93. The minimum Gasteiger partial charge on any atom is -0.283 e. The van der Waals surface area contributed by atoms with Crippen LogP contribution in [0, 0.1) is 0 Å². The van der Waals surface area contributed by atoms with E-state index in [-0.39, 0.29) is 5.91 Å².